The number of nitrogen functional groups attached to an aromatic ring is 1. The maximum Gasteiger partial charge on any atom is 0.252 e. The summed E-state index contributed by atoms with van der Waals surface area (Å²) >= 11 is 0. The summed E-state index contributed by atoms with van der Waals surface area (Å²) in [4.78, 5) is 26.8. The Balaban J connectivity index is 1.47. The molecule has 1 aliphatic rings. The van der Waals surface area contributed by atoms with E-state index in [0.29, 0.717) is 24.0 Å². The number of fused-ring (bicyclic) bond motifs is 1. The quantitative estimate of drug-likeness (QED) is 0.249. The van der Waals surface area contributed by atoms with Gasteiger partial charge in [0.15, 0.2) is 5.65 Å². The van der Waals surface area contributed by atoms with Crippen molar-refractivity contribution >= 4 is 22.8 Å². The third-order valence-corrected chi connectivity index (χ3v) is 6.66. The van der Waals surface area contributed by atoms with E-state index in [1.54, 1.807) is 35.6 Å². The van der Waals surface area contributed by atoms with Crippen molar-refractivity contribution in [1.29, 1.82) is 0 Å². The van der Waals surface area contributed by atoms with Crippen molar-refractivity contribution < 1.29 is 18.3 Å². The normalized spacial score (nSPS) is 15.8. The Kier molecular flexibility index (Phi) is 7.38. The first-order chi connectivity index (χ1) is 19.5. The molecule has 1 aliphatic heterocycles. The predicted molar refractivity (Wildman–Crippen MR) is 149 cm³/mol. The van der Waals surface area contributed by atoms with Crippen LogP contribution in [0.3, 0.4) is 0 Å². The average molecular weight is 559 g/mol. The number of ether oxygens (including phenoxy) is 1. The monoisotopic (exact) mass is 558 g/mol. The Morgan fingerprint density at radius 2 is 2.00 bits per heavy atom. The van der Waals surface area contributed by atoms with E-state index in [-0.39, 0.29) is 46.9 Å². The molecule has 2 aromatic heterocycles. The molecule has 1 fully saturated rings. The van der Waals surface area contributed by atoms with E-state index >= 15 is 4.39 Å². The molecule has 4 aromatic rings. The van der Waals surface area contributed by atoms with Crippen LogP contribution in [0.5, 0.6) is 11.5 Å². The molecule has 41 heavy (non-hydrogen) atoms. The van der Waals surface area contributed by atoms with E-state index in [4.69, 9.17) is 22.8 Å². The lowest BCUT2D eigenvalue weighted by atomic mass is 10.1. The molecule has 2 aromatic carbocycles. The zero-order valence-corrected chi connectivity index (χ0v) is 22.5. The highest BCUT2D eigenvalue weighted by molar-refractivity contribution is 5.98. The summed E-state index contributed by atoms with van der Waals surface area (Å²) in [6.45, 7) is 11.7. The van der Waals surface area contributed by atoms with Crippen LogP contribution in [-0.4, -0.2) is 48.7 Å². The van der Waals surface area contributed by atoms with Gasteiger partial charge in [-0.2, -0.15) is 5.10 Å². The number of hydrogen-bond acceptors (Lipinski definition) is 7. The van der Waals surface area contributed by atoms with Gasteiger partial charge in [0.05, 0.1) is 24.5 Å². The first kappa shape index (κ1) is 27.7. The lowest BCUT2D eigenvalue weighted by Gasteiger charge is -2.25. The molecular weight excluding hydrogens is 530 g/mol. The van der Waals surface area contributed by atoms with Crippen LogP contribution < -0.4 is 16.2 Å². The predicted octanol–water partition coefficient (Wildman–Crippen LogP) is 4.68. The highest BCUT2D eigenvalue weighted by atomic mass is 19.1. The highest BCUT2D eigenvalue weighted by Crippen LogP contribution is 2.35. The molecule has 0 spiro atoms. The summed E-state index contributed by atoms with van der Waals surface area (Å²) in [6.07, 6.45) is 4.20. The molecule has 0 bridgehead atoms. The van der Waals surface area contributed by atoms with Crippen molar-refractivity contribution in [2.75, 3.05) is 12.3 Å². The van der Waals surface area contributed by atoms with Gasteiger partial charge in [0.1, 0.15) is 41.0 Å². The van der Waals surface area contributed by atoms with Gasteiger partial charge in [-0.1, -0.05) is 12.1 Å². The van der Waals surface area contributed by atoms with E-state index in [2.05, 4.69) is 19.9 Å². The number of benzene rings is 2. The summed E-state index contributed by atoms with van der Waals surface area (Å²) in [6, 6.07) is 9.47. The molecular formula is C29H28F2N8O2. The summed E-state index contributed by atoms with van der Waals surface area (Å²) in [5.74, 6) is -0.979. The number of carbonyl (C=O) groups is 1. The summed E-state index contributed by atoms with van der Waals surface area (Å²) in [5, 5.41) is 5.03. The highest BCUT2D eigenvalue weighted by Gasteiger charge is 2.33. The second-order valence-corrected chi connectivity index (χ2v) is 10.4. The molecule has 5 rings (SSSR count). The third kappa shape index (κ3) is 5.85. The number of rotatable bonds is 7. The Bertz CT molecular complexity index is 1700. The smallest absolute Gasteiger partial charge is 0.252 e. The van der Waals surface area contributed by atoms with Crippen molar-refractivity contribution in [3.05, 3.63) is 83.6 Å². The zero-order valence-electron chi connectivity index (χ0n) is 22.5. The van der Waals surface area contributed by atoms with Gasteiger partial charge >= 0.3 is 0 Å². The minimum Gasteiger partial charge on any atom is -0.457 e. The molecule has 1 atom stereocenters. The SMILES string of the molecule is [C-]#[N+]/C(=C\C(C)(C)N)C(=O)N1CCC[C@H]1Cn1nc(-c2ccc(Oc3cccc(F)c3)cc2F)c2c(N)ncnc21. The molecule has 12 heteroatoms. The maximum absolute atomic E-state index is 15.4. The fourth-order valence-electron chi connectivity index (χ4n) is 4.90. The third-order valence-electron chi connectivity index (χ3n) is 6.66. The topological polar surface area (TPSA) is 130 Å². The van der Waals surface area contributed by atoms with Crippen molar-refractivity contribution in [3.8, 4) is 22.8 Å². The fourth-order valence-corrected chi connectivity index (χ4v) is 4.90. The molecule has 210 valence electrons. The number of nitrogens with zero attached hydrogens (tertiary/aromatic N) is 6. The summed E-state index contributed by atoms with van der Waals surface area (Å²) < 4.78 is 36.2. The van der Waals surface area contributed by atoms with Gasteiger partial charge in [-0.25, -0.2) is 28.3 Å². The van der Waals surface area contributed by atoms with Gasteiger partial charge in [-0.05, 0) is 51.0 Å². The Morgan fingerprint density at radius 1 is 1.22 bits per heavy atom. The van der Waals surface area contributed by atoms with Gasteiger partial charge in [0, 0.05) is 29.8 Å². The summed E-state index contributed by atoms with van der Waals surface area (Å²) in [5.41, 5.74) is 12.1. The van der Waals surface area contributed by atoms with E-state index in [1.165, 1.54) is 42.7 Å². The van der Waals surface area contributed by atoms with E-state index in [1.807, 2.05) is 0 Å². The molecule has 0 saturated carbocycles. The molecule has 0 unspecified atom stereocenters. The van der Waals surface area contributed by atoms with E-state index in [0.717, 1.165) is 6.42 Å². The lowest BCUT2D eigenvalue weighted by Crippen LogP contribution is -2.40. The second kappa shape index (κ2) is 10.9. The van der Waals surface area contributed by atoms with Crippen LogP contribution in [0, 0.1) is 18.2 Å². The summed E-state index contributed by atoms with van der Waals surface area (Å²) in [7, 11) is 0. The van der Waals surface area contributed by atoms with Crippen molar-refractivity contribution in [1.82, 2.24) is 24.6 Å². The van der Waals surface area contributed by atoms with E-state index < -0.39 is 23.1 Å². The number of aromatic nitrogens is 4. The molecule has 0 aliphatic carbocycles. The minimum absolute atomic E-state index is 0.0374. The molecule has 3 heterocycles. The standard InChI is InChI=1S/C29H28F2N8O2/c1-29(2,33)14-23(34-3)28(40)38-11-5-7-18(38)15-39-27-24(26(32)35-16-36-27)25(37-39)21-10-9-20(13-22(21)31)41-19-8-4-6-17(30)12-19/h4,6,8-10,12-14,16,18H,5,7,11,15,33H2,1-2H3,(H2,32,35,36)/b23-14-/t18-/m0/s1. The van der Waals surface area contributed by atoms with Crippen LogP contribution in [-0.2, 0) is 11.3 Å². The van der Waals surface area contributed by atoms with Crippen LogP contribution in [0.2, 0.25) is 0 Å². The Hall–Kier alpha value is -4.89. The number of carbonyl (C=O) groups excluding carboxylic acids is 1. The Labute approximate surface area is 235 Å². The number of likely N-dealkylation sites (tertiary alicyclic amines) is 1. The second-order valence-electron chi connectivity index (χ2n) is 10.4. The largest absolute Gasteiger partial charge is 0.457 e. The van der Waals surface area contributed by atoms with Gasteiger partial charge in [-0.3, -0.25) is 4.79 Å². The number of anilines is 1. The zero-order chi connectivity index (χ0) is 29.3. The van der Waals surface area contributed by atoms with Crippen LogP contribution in [0.1, 0.15) is 26.7 Å². The van der Waals surface area contributed by atoms with Crippen molar-refractivity contribution in [2.24, 2.45) is 5.73 Å². The molecule has 4 N–H and O–H groups in total. The van der Waals surface area contributed by atoms with Crippen molar-refractivity contribution in [2.45, 2.75) is 44.8 Å². The number of halogens is 2. The molecule has 0 radical (unpaired) electrons. The van der Waals surface area contributed by atoms with Crippen LogP contribution in [0.15, 0.2) is 60.6 Å². The fraction of sp³-hybridized carbons (Fsp3) is 0.276. The number of nitrogens with two attached hydrogens (primary N) is 2. The van der Waals surface area contributed by atoms with Gasteiger partial charge in [0.25, 0.3) is 5.91 Å². The lowest BCUT2D eigenvalue weighted by molar-refractivity contribution is -0.127. The first-order valence-electron chi connectivity index (χ1n) is 12.9. The van der Waals surface area contributed by atoms with E-state index in [9.17, 15) is 9.18 Å². The van der Waals surface area contributed by atoms with Crippen LogP contribution in [0.25, 0.3) is 27.1 Å². The van der Waals surface area contributed by atoms with Gasteiger partial charge < -0.3 is 21.1 Å². The number of hydrogen-bond donors (Lipinski definition) is 2. The first-order valence-corrected chi connectivity index (χ1v) is 12.9. The minimum atomic E-state index is -0.825. The average Bonchev–Trinajstić information content (AvgIpc) is 3.52. The van der Waals surface area contributed by atoms with Crippen LogP contribution in [0.4, 0.5) is 14.6 Å². The van der Waals surface area contributed by atoms with Crippen LogP contribution >= 0.6 is 0 Å². The Morgan fingerprint density at radius 3 is 2.71 bits per heavy atom. The number of amides is 1. The molecule has 1 saturated heterocycles. The van der Waals surface area contributed by atoms with Gasteiger partial charge in [-0.15, -0.1) is 0 Å². The maximum atomic E-state index is 15.4. The molecule has 1 amide bonds. The van der Waals surface area contributed by atoms with Gasteiger partial charge in [0.2, 0.25) is 5.70 Å². The van der Waals surface area contributed by atoms with Crippen molar-refractivity contribution in [3.63, 3.8) is 0 Å². The molecule has 10 nitrogen and oxygen atoms in total.